The van der Waals surface area contributed by atoms with Gasteiger partial charge in [-0.15, -0.1) is 0 Å². The van der Waals surface area contributed by atoms with Crippen LogP contribution in [0.1, 0.15) is 37.3 Å². The molecule has 3 nitrogen and oxygen atoms in total. The van der Waals surface area contributed by atoms with Gasteiger partial charge in [-0.25, -0.2) is 0 Å². The Balaban J connectivity index is 1.95. The zero-order valence-corrected chi connectivity index (χ0v) is 10.8. The van der Waals surface area contributed by atoms with Crippen LogP contribution in [0.4, 0.5) is 0 Å². The van der Waals surface area contributed by atoms with Gasteiger partial charge in [-0.3, -0.25) is 4.79 Å². The van der Waals surface area contributed by atoms with Crippen molar-refractivity contribution in [3.05, 3.63) is 29.3 Å². The molecular weight excluding hydrogens is 228 g/mol. The van der Waals surface area contributed by atoms with Crippen LogP contribution >= 0.6 is 0 Å². The van der Waals surface area contributed by atoms with Crippen LogP contribution in [0.15, 0.2) is 18.2 Å². The lowest BCUT2D eigenvalue weighted by Crippen LogP contribution is -2.14. The van der Waals surface area contributed by atoms with Crippen LogP contribution < -0.4 is 4.74 Å². The maximum atomic E-state index is 10.7. The van der Waals surface area contributed by atoms with Gasteiger partial charge in [0, 0.05) is 0 Å². The molecule has 1 aromatic rings. The number of aliphatic carboxylic acids is 1. The molecule has 1 N–H and O–H groups in total. The van der Waals surface area contributed by atoms with Crippen molar-refractivity contribution in [3.8, 4) is 5.75 Å². The molecule has 0 aliphatic heterocycles. The van der Waals surface area contributed by atoms with Crippen LogP contribution in [0.25, 0.3) is 0 Å². The highest BCUT2D eigenvalue weighted by molar-refractivity contribution is 5.69. The standard InChI is InChI=1S/C15H20O3/c1-11(15(16)17)9-10-18-14-8-4-6-12-5-2-3-7-13(12)14/h4,6,8,11H,2-3,5,7,9-10H2,1H3,(H,16,17). The summed E-state index contributed by atoms with van der Waals surface area (Å²) in [6.45, 7) is 2.19. The Morgan fingerprint density at radius 2 is 2.17 bits per heavy atom. The number of carboxylic acid groups (broad SMARTS) is 1. The summed E-state index contributed by atoms with van der Waals surface area (Å²) in [7, 11) is 0. The molecule has 0 aromatic heterocycles. The third kappa shape index (κ3) is 3.03. The maximum Gasteiger partial charge on any atom is 0.306 e. The molecule has 1 aliphatic rings. The topological polar surface area (TPSA) is 46.5 Å². The van der Waals surface area contributed by atoms with E-state index in [0.29, 0.717) is 13.0 Å². The molecule has 1 aromatic carbocycles. The number of aryl methyl sites for hydroxylation is 1. The quantitative estimate of drug-likeness (QED) is 0.871. The molecule has 98 valence electrons. The summed E-state index contributed by atoms with van der Waals surface area (Å²) >= 11 is 0. The highest BCUT2D eigenvalue weighted by atomic mass is 16.5. The zero-order valence-electron chi connectivity index (χ0n) is 10.8. The van der Waals surface area contributed by atoms with Crippen molar-refractivity contribution in [2.24, 2.45) is 5.92 Å². The van der Waals surface area contributed by atoms with Gasteiger partial charge in [-0.2, -0.15) is 0 Å². The fraction of sp³-hybridized carbons (Fsp3) is 0.533. The number of hydrogen-bond acceptors (Lipinski definition) is 2. The molecule has 3 heteroatoms. The fourth-order valence-corrected chi connectivity index (χ4v) is 2.35. The van der Waals surface area contributed by atoms with E-state index in [2.05, 4.69) is 6.07 Å². The smallest absolute Gasteiger partial charge is 0.306 e. The van der Waals surface area contributed by atoms with E-state index in [1.54, 1.807) is 6.92 Å². The van der Waals surface area contributed by atoms with Crippen LogP contribution in [0.3, 0.4) is 0 Å². The summed E-state index contributed by atoms with van der Waals surface area (Å²) < 4.78 is 5.76. The van der Waals surface area contributed by atoms with Crippen molar-refractivity contribution in [1.82, 2.24) is 0 Å². The number of rotatable bonds is 5. The SMILES string of the molecule is CC(CCOc1cccc2c1CCCC2)C(=O)O. The Morgan fingerprint density at radius 1 is 1.39 bits per heavy atom. The third-order valence-corrected chi connectivity index (χ3v) is 3.58. The molecule has 1 aliphatic carbocycles. The summed E-state index contributed by atoms with van der Waals surface area (Å²) in [4.78, 5) is 10.7. The van der Waals surface area contributed by atoms with Crippen molar-refractivity contribution in [1.29, 1.82) is 0 Å². The van der Waals surface area contributed by atoms with Crippen molar-refractivity contribution in [2.75, 3.05) is 6.61 Å². The predicted octanol–water partition coefficient (Wildman–Crippen LogP) is 3.06. The van der Waals surface area contributed by atoms with Crippen LogP contribution in [0, 0.1) is 5.92 Å². The minimum atomic E-state index is -0.756. The van der Waals surface area contributed by atoms with E-state index in [-0.39, 0.29) is 5.92 Å². The normalized spacial score (nSPS) is 15.8. The van der Waals surface area contributed by atoms with E-state index < -0.39 is 5.97 Å². The second kappa shape index (κ2) is 5.89. The first-order valence-corrected chi connectivity index (χ1v) is 6.65. The fourth-order valence-electron chi connectivity index (χ4n) is 2.35. The van der Waals surface area contributed by atoms with Gasteiger partial charge in [0.25, 0.3) is 0 Å². The number of ether oxygens (including phenoxy) is 1. The van der Waals surface area contributed by atoms with Crippen LogP contribution in [-0.4, -0.2) is 17.7 Å². The Labute approximate surface area is 108 Å². The number of carboxylic acids is 1. The van der Waals surface area contributed by atoms with E-state index in [1.165, 1.54) is 24.0 Å². The van der Waals surface area contributed by atoms with Crippen molar-refractivity contribution < 1.29 is 14.6 Å². The Bertz CT molecular complexity index is 426. The van der Waals surface area contributed by atoms with Crippen molar-refractivity contribution in [3.63, 3.8) is 0 Å². The maximum absolute atomic E-state index is 10.7. The molecule has 0 fully saturated rings. The lowest BCUT2D eigenvalue weighted by molar-refractivity contribution is -0.141. The van der Waals surface area contributed by atoms with Crippen LogP contribution in [0.2, 0.25) is 0 Å². The molecule has 0 bridgehead atoms. The molecule has 0 amide bonds. The first-order valence-electron chi connectivity index (χ1n) is 6.65. The van der Waals surface area contributed by atoms with Crippen molar-refractivity contribution in [2.45, 2.75) is 39.0 Å². The Kier molecular flexibility index (Phi) is 4.24. The van der Waals surface area contributed by atoms with Gasteiger partial charge in [0.2, 0.25) is 0 Å². The molecule has 18 heavy (non-hydrogen) atoms. The van der Waals surface area contributed by atoms with Gasteiger partial charge >= 0.3 is 5.97 Å². The Morgan fingerprint density at radius 3 is 2.94 bits per heavy atom. The van der Waals surface area contributed by atoms with Crippen LogP contribution in [0.5, 0.6) is 5.75 Å². The van der Waals surface area contributed by atoms with Gasteiger partial charge in [0.05, 0.1) is 12.5 Å². The third-order valence-electron chi connectivity index (χ3n) is 3.58. The molecule has 0 saturated carbocycles. The summed E-state index contributed by atoms with van der Waals surface area (Å²) in [5, 5.41) is 8.82. The average Bonchev–Trinajstić information content (AvgIpc) is 2.38. The molecular formula is C15H20O3. The molecule has 0 radical (unpaired) electrons. The number of fused-ring (bicyclic) bond motifs is 1. The van der Waals surface area contributed by atoms with E-state index in [9.17, 15) is 4.79 Å². The summed E-state index contributed by atoms with van der Waals surface area (Å²) in [5.74, 6) is -0.150. The highest BCUT2D eigenvalue weighted by Gasteiger charge is 2.15. The molecule has 1 unspecified atom stereocenters. The average molecular weight is 248 g/mol. The summed E-state index contributed by atoms with van der Waals surface area (Å²) in [5.41, 5.74) is 2.72. The first-order chi connectivity index (χ1) is 8.68. The van der Waals surface area contributed by atoms with Gasteiger partial charge in [0.1, 0.15) is 5.75 Å². The molecule has 0 heterocycles. The minimum absolute atomic E-state index is 0.343. The second-order valence-corrected chi connectivity index (χ2v) is 4.98. The van der Waals surface area contributed by atoms with Gasteiger partial charge < -0.3 is 9.84 Å². The summed E-state index contributed by atoms with van der Waals surface area (Å²) in [6, 6.07) is 6.19. The largest absolute Gasteiger partial charge is 0.493 e. The Hall–Kier alpha value is -1.51. The van der Waals surface area contributed by atoms with Crippen molar-refractivity contribution >= 4 is 5.97 Å². The highest BCUT2D eigenvalue weighted by Crippen LogP contribution is 2.29. The number of benzene rings is 1. The van der Waals surface area contributed by atoms with E-state index in [4.69, 9.17) is 9.84 Å². The lowest BCUT2D eigenvalue weighted by Gasteiger charge is -2.19. The number of carbonyl (C=O) groups is 1. The second-order valence-electron chi connectivity index (χ2n) is 4.98. The lowest BCUT2D eigenvalue weighted by atomic mass is 9.91. The van der Waals surface area contributed by atoms with Crippen LogP contribution in [-0.2, 0) is 17.6 Å². The zero-order chi connectivity index (χ0) is 13.0. The first kappa shape index (κ1) is 12.9. The van der Waals surface area contributed by atoms with E-state index >= 15 is 0 Å². The molecule has 0 saturated heterocycles. The van der Waals surface area contributed by atoms with Gasteiger partial charge in [0.15, 0.2) is 0 Å². The monoisotopic (exact) mass is 248 g/mol. The minimum Gasteiger partial charge on any atom is -0.493 e. The molecule has 0 spiro atoms. The molecule has 1 atom stereocenters. The molecule has 2 rings (SSSR count). The van der Waals surface area contributed by atoms with E-state index in [1.807, 2.05) is 12.1 Å². The predicted molar refractivity (Wildman–Crippen MR) is 70.0 cm³/mol. The van der Waals surface area contributed by atoms with Gasteiger partial charge in [-0.05, 0) is 49.3 Å². The van der Waals surface area contributed by atoms with E-state index in [0.717, 1.165) is 18.6 Å². The summed E-state index contributed by atoms with van der Waals surface area (Å²) in [6.07, 6.45) is 5.25. The van der Waals surface area contributed by atoms with Gasteiger partial charge in [-0.1, -0.05) is 19.1 Å². The number of hydrogen-bond donors (Lipinski definition) is 1.